The van der Waals surface area contributed by atoms with E-state index in [4.69, 9.17) is 5.73 Å². The molecule has 0 bridgehead atoms. The van der Waals surface area contributed by atoms with Gasteiger partial charge >= 0.3 is 0 Å². The van der Waals surface area contributed by atoms with Crippen LogP contribution in [0.3, 0.4) is 0 Å². The number of nitrogens with two attached hydrogens (primary N) is 1. The maximum atomic E-state index is 5.95. The van der Waals surface area contributed by atoms with Gasteiger partial charge < -0.3 is 11.1 Å². The smallest absolute Gasteiger partial charge is 0.146 e. The van der Waals surface area contributed by atoms with E-state index < -0.39 is 0 Å². The van der Waals surface area contributed by atoms with Gasteiger partial charge in [0.1, 0.15) is 18.0 Å². The van der Waals surface area contributed by atoms with Gasteiger partial charge in [0, 0.05) is 11.8 Å². The van der Waals surface area contributed by atoms with Crippen molar-refractivity contribution in [1.82, 2.24) is 25.5 Å². The van der Waals surface area contributed by atoms with Gasteiger partial charge in [0.15, 0.2) is 0 Å². The number of hydrogen-bond donors (Lipinski definition) is 3. The molecule has 0 saturated heterocycles. The summed E-state index contributed by atoms with van der Waals surface area (Å²) in [5, 5.41) is 10.2. The molecule has 96 valence electrons. The second-order valence-electron chi connectivity index (χ2n) is 4.24. The van der Waals surface area contributed by atoms with E-state index in [1.54, 1.807) is 6.20 Å². The molecule has 18 heavy (non-hydrogen) atoms. The van der Waals surface area contributed by atoms with Crippen molar-refractivity contribution in [2.24, 2.45) is 0 Å². The predicted octanol–water partition coefficient (Wildman–Crippen LogP) is 1.18. The molecule has 2 aromatic rings. The van der Waals surface area contributed by atoms with Gasteiger partial charge in [-0.05, 0) is 31.5 Å². The second kappa shape index (κ2) is 5.59. The fourth-order valence-corrected chi connectivity index (χ4v) is 1.83. The molecule has 0 fully saturated rings. The molecule has 1 atom stereocenters. The zero-order valence-electron chi connectivity index (χ0n) is 10.6. The van der Waals surface area contributed by atoms with Gasteiger partial charge in [0.2, 0.25) is 0 Å². The first-order valence-corrected chi connectivity index (χ1v) is 6.03. The van der Waals surface area contributed by atoms with Gasteiger partial charge in [-0.2, -0.15) is 5.10 Å². The van der Waals surface area contributed by atoms with E-state index in [2.05, 4.69) is 32.4 Å². The third-order valence-electron chi connectivity index (χ3n) is 2.70. The minimum absolute atomic E-state index is 0.0974. The Morgan fingerprint density at radius 1 is 1.44 bits per heavy atom. The lowest BCUT2D eigenvalue weighted by Gasteiger charge is -2.18. The van der Waals surface area contributed by atoms with Crippen molar-refractivity contribution in [3.63, 3.8) is 0 Å². The topological polar surface area (TPSA) is 92.5 Å². The first-order valence-electron chi connectivity index (χ1n) is 6.03. The van der Waals surface area contributed by atoms with Crippen molar-refractivity contribution in [3.8, 4) is 0 Å². The number of H-pyrrole nitrogens is 1. The zero-order valence-corrected chi connectivity index (χ0v) is 10.6. The maximum absolute atomic E-state index is 5.95. The average Bonchev–Trinajstić information content (AvgIpc) is 2.88. The Morgan fingerprint density at radius 2 is 2.28 bits per heavy atom. The molecule has 0 aliphatic carbocycles. The molecule has 6 heteroatoms. The van der Waals surface area contributed by atoms with E-state index in [0.717, 1.165) is 29.9 Å². The van der Waals surface area contributed by atoms with Crippen LogP contribution in [0.1, 0.15) is 36.3 Å². The molecule has 0 saturated carbocycles. The molecule has 4 N–H and O–H groups in total. The molecule has 0 amide bonds. The van der Waals surface area contributed by atoms with Crippen LogP contribution in [0, 0.1) is 6.92 Å². The maximum Gasteiger partial charge on any atom is 0.146 e. The van der Waals surface area contributed by atoms with E-state index >= 15 is 0 Å². The summed E-state index contributed by atoms with van der Waals surface area (Å²) in [4.78, 5) is 8.40. The van der Waals surface area contributed by atoms with E-state index in [1.165, 1.54) is 6.33 Å². The highest BCUT2D eigenvalue weighted by Crippen LogP contribution is 2.23. The molecular formula is C12H18N6. The standard InChI is InChI=1S/C12H18N6/c1-3-4-14-10(12-16-7-17-18-12)9-5-8(2)6-15-11(9)13/h5-7,10,14H,3-4H2,1-2H3,(H2,13,15)(H,16,17,18). The normalized spacial score (nSPS) is 12.6. The zero-order chi connectivity index (χ0) is 13.0. The fraction of sp³-hybridized carbons (Fsp3) is 0.417. The third kappa shape index (κ3) is 2.65. The molecule has 2 rings (SSSR count). The van der Waals surface area contributed by atoms with Crippen molar-refractivity contribution >= 4 is 5.82 Å². The van der Waals surface area contributed by atoms with E-state index in [0.29, 0.717) is 5.82 Å². The summed E-state index contributed by atoms with van der Waals surface area (Å²) in [5.74, 6) is 1.27. The van der Waals surface area contributed by atoms with Crippen LogP contribution in [0.4, 0.5) is 5.82 Å². The Balaban J connectivity index is 2.36. The van der Waals surface area contributed by atoms with Crippen LogP contribution in [-0.2, 0) is 0 Å². The summed E-state index contributed by atoms with van der Waals surface area (Å²) in [6.45, 7) is 4.98. The van der Waals surface area contributed by atoms with Crippen LogP contribution in [0.2, 0.25) is 0 Å². The number of pyridine rings is 1. The minimum Gasteiger partial charge on any atom is -0.383 e. The highest BCUT2D eigenvalue weighted by Gasteiger charge is 2.19. The molecule has 2 heterocycles. The van der Waals surface area contributed by atoms with Crippen molar-refractivity contribution in [2.45, 2.75) is 26.3 Å². The minimum atomic E-state index is -0.0974. The number of aromatic amines is 1. The third-order valence-corrected chi connectivity index (χ3v) is 2.70. The molecule has 0 aliphatic rings. The largest absolute Gasteiger partial charge is 0.383 e. The number of rotatable bonds is 5. The van der Waals surface area contributed by atoms with E-state index in [-0.39, 0.29) is 6.04 Å². The lowest BCUT2D eigenvalue weighted by molar-refractivity contribution is 0.573. The van der Waals surface area contributed by atoms with E-state index in [1.807, 2.05) is 13.0 Å². The first-order chi connectivity index (χ1) is 8.72. The Bertz CT molecular complexity index is 493. The summed E-state index contributed by atoms with van der Waals surface area (Å²) in [5.41, 5.74) is 7.96. The molecule has 0 aliphatic heterocycles. The van der Waals surface area contributed by atoms with Crippen LogP contribution in [0.25, 0.3) is 0 Å². The van der Waals surface area contributed by atoms with Crippen molar-refractivity contribution in [2.75, 3.05) is 12.3 Å². The molecule has 0 spiro atoms. The molecule has 6 nitrogen and oxygen atoms in total. The summed E-state index contributed by atoms with van der Waals surface area (Å²) in [7, 11) is 0. The highest BCUT2D eigenvalue weighted by atomic mass is 15.2. The lowest BCUT2D eigenvalue weighted by atomic mass is 10.1. The number of aryl methyl sites for hydroxylation is 1. The van der Waals surface area contributed by atoms with E-state index in [9.17, 15) is 0 Å². The number of nitrogens with one attached hydrogen (secondary N) is 2. The van der Waals surface area contributed by atoms with Crippen LogP contribution in [-0.4, -0.2) is 26.7 Å². The van der Waals surface area contributed by atoms with Crippen molar-refractivity contribution in [1.29, 1.82) is 0 Å². The Labute approximate surface area is 106 Å². The molecule has 0 radical (unpaired) electrons. The lowest BCUT2D eigenvalue weighted by Crippen LogP contribution is -2.25. The van der Waals surface area contributed by atoms with Crippen LogP contribution in [0.15, 0.2) is 18.6 Å². The second-order valence-corrected chi connectivity index (χ2v) is 4.24. The average molecular weight is 246 g/mol. The fourth-order valence-electron chi connectivity index (χ4n) is 1.83. The highest BCUT2D eigenvalue weighted by molar-refractivity contribution is 5.45. The van der Waals surface area contributed by atoms with Crippen LogP contribution in [0.5, 0.6) is 0 Å². The van der Waals surface area contributed by atoms with Gasteiger partial charge in [0.05, 0.1) is 6.04 Å². The Hall–Kier alpha value is -1.95. The number of aromatic nitrogens is 4. The Kier molecular flexibility index (Phi) is 3.88. The monoisotopic (exact) mass is 246 g/mol. The quantitative estimate of drug-likeness (QED) is 0.736. The first kappa shape index (κ1) is 12.5. The van der Waals surface area contributed by atoms with Crippen LogP contribution >= 0.6 is 0 Å². The number of nitrogen functional groups attached to an aromatic ring is 1. The van der Waals surface area contributed by atoms with Gasteiger partial charge in [-0.1, -0.05) is 6.92 Å². The molecule has 1 unspecified atom stereocenters. The predicted molar refractivity (Wildman–Crippen MR) is 69.9 cm³/mol. The van der Waals surface area contributed by atoms with Crippen molar-refractivity contribution < 1.29 is 0 Å². The number of nitrogens with zero attached hydrogens (tertiary/aromatic N) is 3. The van der Waals surface area contributed by atoms with Gasteiger partial charge in [-0.25, -0.2) is 9.97 Å². The van der Waals surface area contributed by atoms with Crippen molar-refractivity contribution in [3.05, 3.63) is 35.5 Å². The number of anilines is 1. The number of hydrogen-bond acceptors (Lipinski definition) is 5. The summed E-state index contributed by atoms with van der Waals surface area (Å²) in [6, 6.07) is 1.93. The molecular weight excluding hydrogens is 228 g/mol. The summed E-state index contributed by atoms with van der Waals surface area (Å²) in [6.07, 6.45) is 4.29. The van der Waals surface area contributed by atoms with Gasteiger partial charge in [-0.15, -0.1) is 0 Å². The molecule has 2 aromatic heterocycles. The summed E-state index contributed by atoms with van der Waals surface area (Å²) < 4.78 is 0. The van der Waals surface area contributed by atoms with Crippen LogP contribution < -0.4 is 11.1 Å². The van der Waals surface area contributed by atoms with Gasteiger partial charge in [-0.3, -0.25) is 5.10 Å². The Morgan fingerprint density at radius 3 is 2.94 bits per heavy atom. The summed E-state index contributed by atoms with van der Waals surface area (Å²) >= 11 is 0. The van der Waals surface area contributed by atoms with Gasteiger partial charge in [0.25, 0.3) is 0 Å². The molecule has 0 aromatic carbocycles. The SMILES string of the molecule is CCCNC(c1ncn[nH]1)c1cc(C)cnc1N.